The predicted molar refractivity (Wildman–Crippen MR) is 79.1 cm³/mol. The number of nitrogens with two attached hydrogens (primary N) is 1. The first-order valence-electron chi connectivity index (χ1n) is 6.61. The molecule has 0 bridgehead atoms. The van der Waals surface area contributed by atoms with E-state index in [1.54, 1.807) is 6.07 Å². The molecule has 1 aromatic rings. The molecule has 1 atom stereocenters. The lowest BCUT2D eigenvalue weighted by Crippen LogP contribution is -2.40. The van der Waals surface area contributed by atoms with Gasteiger partial charge in [-0.05, 0) is 43.4 Å². The molecular formula is C13H19ClN2O3S. The third-order valence-corrected chi connectivity index (χ3v) is 5.94. The van der Waals surface area contributed by atoms with Crippen LogP contribution >= 0.6 is 11.6 Å². The van der Waals surface area contributed by atoms with Gasteiger partial charge in [0.2, 0.25) is 10.0 Å². The third kappa shape index (κ3) is 3.25. The lowest BCUT2D eigenvalue weighted by Gasteiger charge is -2.31. The van der Waals surface area contributed by atoms with E-state index in [0.29, 0.717) is 25.2 Å². The number of benzene rings is 1. The summed E-state index contributed by atoms with van der Waals surface area (Å²) in [5, 5.41) is 9.18. The zero-order chi connectivity index (χ0) is 14.8. The zero-order valence-electron chi connectivity index (χ0n) is 11.1. The Morgan fingerprint density at radius 3 is 2.90 bits per heavy atom. The maximum absolute atomic E-state index is 12.6. The van der Waals surface area contributed by atoms with Crippen molar-refractivity contribution in [2.75, 3.05) is 25.4 Å². The first-order chi connectivity index (χ1) is 9.45. The zero-order valence-corrected chi connectivity index (χ0v) is 12.7. The van der Waals surface area contributed by atoms with Gasteiger partial charge in [0.1, 0.15) is 4.90 Å². The molecule has 1 aliphatic heterocycles. The van der Waals surface area contributed by atoms with E-state index in [1.807, 2.05) is 0 Å². The van der Waals surface area contributed by atoms with E-state index in [4.69, 9.17) is 22.4 Å². The fourth-order valence-corrected chi connectivity index (χ4v) is 4.58. The van der Waals surface area contributed by atoms with Crippen LogP contribution in [0, 0.1) is 5.92 Å². The highest BCUT2D eigenvalue weighted by Crippen LogP contribution is 2.30. The van der Waals surface area contributed by atoms with E-state index in [9.17, 15) is 8.42 Å². The second kappa shape index (κ2) is 6.30. The van der Waals surface area contributed by atoms with E-state index in [-0.39, 0.29) is 22.4 Å². The average Bonchev–Trinajstić information content (AvgIpc) is 2.42. The molecule has 7 heteroatoms. The minimum absolute atomic E-state index is 0.0591. The van der Waals surface area contributed by atoms with Gasteiger partial charge in [-0.1, -0.05) is 11.6 Å². The number of nitrogens with zero attached hydrogens (tertiary/aromatic N) is 1. The summed E-state index contributed by atoms with van der Waals surface area (Å²) in [5.74, 6) is 0.198. The Bertz CT molecular complexity index is 575. The van der Waals surface area contributed by atoms with Crippen molar-refractivity contribution < 1.29 is 13.5 Å². The van der Waals surface area contributed by atoms with Gasteiger partial charge in [-0.3, -0.25) is 0 Å². The van der Waals surface area contributed by atoms with Crippen LogP contribution in [-0.4, -0.2) is 37.5 Å². The van der Waals surface area contributed by atoms with Crippen LogP contribution in [0.3, 0.4) is 0 Å². The number of halogens is 1. The van der Waals surface area contributed by atoms with Gasteiger partial charge in [0, 0.05) is 25.4 Å². The molecule has 112 valence electrons. The lowest BCUT2D eigenvalue weighted by atomic mass is 9.97. The second-order valence-electron chi connectivity index (χ2n) is 5.07. The summed E-state index contributed by atoms with van der Waals surface area (Å²) in [6.45, 7) is 0.987. The van der Waals surface area contributed by atoms with E-state index in [0.717, 1.165) is 12.8 Å². The number of hydrogen-bond acceptors (Lipinski definition) is 4. The summed E-state index contributed by atoms with van der Waals surface area (Å²) in [5.41, 5.74) is 6.03. The molecule has 1 fully saturated rings. The topological polar surface area (TPSA) is 83.6 Å². The Morgan fingerprint density at radius 1 is 1.45 bits per heavy atom. The Hall–Kier alpha value is -0.820. The number of rotatable bonds is 4. The first kappa shape index (κ1) is 15.6. The molecule has 0 saturated carbocycles. The average molecular weight is 319 g/mol. The van der Waals surface area contributed by atoms with Crippen molar-refractivity contribution in [2.45, 2.75) is 24.2 Å². The number of nitrogen functional groups attached to an aromatic ring is 1. The van der Waals surface area contributed by atoms with Crippen LogP contribution in [0.5, 0.6) is 0 Å². The second-order valence-corrected chi connectivity index (χ2v) is 7.39. The molecule has 1 aliphatic rings. The van der Waals surface area contributed by atoms with Crippen molar-refractivity contribution in [3.05, 3.63) is 23.2 Å². The maximum atomic E-state index is 12.6. The summed E-state index contributed by atoms with van der Waals surface area (Å²) < 4.78 is 26.7. The van der Waals surface area contributed by atoms with Crippen LogP contribution in [0.4, 0.5) is 5.69 Å². The number of hydrogen-bond donors (Lipinski definition) is 2. The molecule has 0 aromatic heterocycles. The molecule has 0 aliphatic carbocycles. The molecule has 0 amide bonds. The van der Waals surface area contributed by atoms with Gasteiger partial charge in [-0.25, -0.2) is 8.42 Å². The summed E-state index contributed by atoms with van der Waals surface area (Å²) >= 11 is 6.00. The smallest absolute Gasteiger partial charge is 0.244 e. The van der Waals surface area contributed by atoms with Crippen molar-refractivity contribution in [1.29, 1.82) is 0 Å². The molecule has 1 aromatic carbocycles. The molecule has 3 N–H and O–H groups in total. The van der Waals surface area contributed by atoms with E-state index in [2.05, 4.69) is 0 Å². The molecule has 1 unspecified atom stereocenters. The van der Waals surface area contributed by atoms with Gasteiger partial charge in [-0.15, -0.1) is 0 Å². The molecule has 5 nitrogen and oxygen atoms in total. The predicted octanol–water partition coefficient (Wildman–Crippen LogP) is 1.71. The van der Waals surface area contributed by atoms with E-state index in [1.165, 1.54) is 16.4 Å². The standard InChI is InChI=1S/C13H19ClN2O3S/c14-12-4-3-11(15)8-13(12)20(18,19)16-6-1-2-10(9-16)5-7-17/h3-4,8,10,17H,1-2,5-7,9,15H2. The Kier molecular flexibility index (Phi) is 4.90. The van der Waals surface area contributed by atoms with E-state index < -0.39 is 10.0 Å². The van der Waals surface area contributed by atoms with Gasteiger partial charge in [0.25, 0.3) is 0 Å². The van der Waals surface area contributed by atoms with Gasteiger partial charge in [-0.2, -0.15) is 4.31 Å². The van der Waals surface area contributed by atoms with Crippen molar-refractivity contribution in [2.24, 2.45) is 5.92 Å². The van der Waals surface area contributed by atoms with Gasteiger partial charge < -0.3 is 10.8 Å². The number of piperidine rings is 1. The number of aliphatic hydroxyl groups excluding tert-OH is 1. The molecule has 1 heterocycles. The number of anilines is 1. The van der Waals surface area contributed by atoms with Crippen LogP contribution < -0.4 is 5.73 Å². The minimum atomic E-state index is -3.63. The van der Waals surface area contributed by atoms with Crippen LogP contribution in [0.1, 0.15) is 19.3 Å². The molecule has 20 heavy (non-hydrogen) atoms. The summed E-state index contributed by atoms with van der Waals surface area (Å²) in [6, 6.07) is 4.47. The Labute approximate surface area is 124 Å². The summed E-state index contributed by atoms with van der Waals surface area (Å²) in [4.78, 5) is 0.0591. The lowest BCUT2D eigenvalue weighted by molar-refractivity contribution is 0.203. The Balaban J connectivity index is 2.27. The maximum Gasteiger partial charge on any atom is 0.244 e. The normalized spacial score (nSPS) is 21.0. The number of sulfonamides is 1. The van der Waals surface area contributed by atoms with Crippen molar-refractivity contribution in [3.63, 3.8) is 0 Å². The highest BCUT2D eigenvalue weighted by molar-refractivity contribution is 7.89. The number of aliphatic hydroxyl groups is 1. The van der Waals surface area contributed by atoms with Crippen molar-refractivity contribution >= 4 is 27.3 Å². The van der Waals surface area contributed by atoms with E-state index >= 15 is 0 Å². The largest absolute Gasteiger partial charge is 0.399 e. The van der Waals surface area contributed by atoms with Gasteiger partial charge in [0.15, 0.2) is 0 Å². The van der Waals surface area contributed by atoms with Gasteiger partial charge in [0.05, 0.1) is 5.02 Å². The van der Waals surface area contributed by atoms with Crippen LogP contribution in [0.25, 0.3) is 0 Å². The first-order valence-corrected chi connectivity index (χ1v) is 8.43. The quantitative estimate of drug-likeness (QED) is 0.828. The van der Waals surface area contributed by atoms with Gasteiger partial charge >= 0.3 is 0 Å². The molecule has 0 radical (unpaired) electrons. The molecule has 2 rings (SSSR count). The van der Waals surface area contributed by atoms with Crippen molar-refractivity contribution in [3.8, 4) is 0 Å². The highest BCUT2D eigenvalue weighted by Gasteiger charge is 2.31. The van der Waals surface area contributed by atoms with Crippen LogP contribution in [-0.2, 0) is 10.0 Å². The minimum Gasteiger partial charge on any atom is -0.399 e. The third-order valence-electron chi connectivity index (χ3n) is 3.59. The SMILES string of the molecule is Nc1ccc(Cl)c(S(=O)(=O)N2CCCC(CCO)C2)c1. The summed E-state index contributed by atoms with van der Waals surface area (Å²) in [7, 11) is -3.63. The van der Waals surface area contributed by atoms with Crippen molar-refractivity contribution in [1.82, 2.24) is 4.31 Å². The Morgan fingerprint density at radius 2 is 2.20 bits per heavy atom. The molecule has 0 spiro atoms. The highest BCUT2D eigenvalue weighted by atomic mass is 35.5. The molecular weight excluding hydrogens is 300 g/mol. The van der Waals surface area contributed by atoms with Crippen LogP contribution in [0.15, 0.2) is 23.1 Å². The monoisotopic (exact) mass is 318 g/mol. The fraction of sp³-hybridized carbons (Fsp3) is 0.538. The van der Waals surface area contributed by atoms with Crippen LogP contribution in [0.2, 0.25) is 5.02 Å². The molecule has 1 saturated heterocycles. The summed E-state index contributed by atoms with van der Waals surface area (Å²) in [6.07, 6.45) is 2.36. The fourth-order valence-electron chi connectivity index (χ4n) is 2.52.